The van der Waals surface area contributed by atoms with Crippen molar-refractivity contribution in [2.45, 2.75) is 38.5 Å². The van der Waals surface area contributed by atoms with Gasteiger partial charge in [0.2, 0.25) is 10.0 Å². The zero-order chi connectivity index (χ0) is 30.2. The van der Waals surface area contributed by atoms with Crippen LogP contribution in [0.3, 0.4) is 0 Å². The molecule has 1 atom stereocenters. The van der Waals surface area contributed by atoms with E-state index in [9.17, 15) is 17.6 Å². The molecule has 0 bridgehead atoms. The van der Waals surface area contributed by atoms with Crippen LogP contribution < -0.4 is 4.74 Å². The van der Waals surface area contributed by atoms with E-state index in [-0.39, 0.29) is 52.7 Å². The van der Waals surface area contributed by atoms with Gasteiger partial charge >= 0.3 is 0 Å². The van der Waals surface area contributed by atoms with Crippen LogP contribution in [0.25, 0.3) is 11.8 Å². The maximum absolute atomic E-state index is 14.2. The fourth-order valence-electron chi connectivity index (χ4n) is 5.46. The Labute approximate surface area is 250 Å². The number of allylic oxidation sites excluding steroid dienone is 4. The van der Waals surface area contributed by atoms with E-state index in [1.165, 1.54) is 35.7 Å². The second-order valence-corrected chi connectivity index (χ2v) is 13.2. The molecule has 0 radical (unpaired) electrons. The first-order chi connectivity index (χ1) is 20.0. The zero-order valence-electron chi connectivity index (χ0n) is 23.8. The van der Waals surface area contributed by atoms with Crippen molar-refractivity contribution in [2.75, 3.05) is 20.2 Å². The summed E-state index contributed by atoms with van der Waals surface area (Å²) < 4.78 is 50.1. The molecule has 0 unspecified atom stereocenters. The number of piperidine rings is 1. The summed E-state index contributed by atoms with van der Waals surface area (Å²) in [6.45, 7) is 5.51. The molecule has 0 N–H and O–H groups in total. The Morgan fingerprint density at radius 2 is 2.00 bits per heavy atom. The largest absolute Gasteiger partial charge is 0.495 e. The number of carbonyl (C=O) groups is 1. The van der Waals surface area contributed by atoms with E-state index in [1.54, 1.807) is 55.2 Å². The Bertz CT molecular complexity index is 1730. The number of ether oxygens (including phenoxy) is 1. The van der Waals surface area contributed by atoms with Crippen molar-refractivity contribution in [3.8, 4) is 5.75 Å². The summed E-state index contributed by atoms with van der Waals surface area (Å²) in [5.41, 5.74) is 2.18. The van der Waals surface area contributed by atoms with Crippen molar-refractivity contribution >= 4 is 39.2 Å². The molecule has 220 valence electrons. The standard InChI is InChI=1S/C31H32ClFN4O4S/c1-20(2)26(33)10-8-21(3)37-28-15-23-12-14-36(42(39,40)24-9-11-29(41-4)25(32)16-24)19-31(23,17-22(28)18-35-37)30(38)27-7-5-6-13-34-27/h5-11,13,15-16,18,20H,12,14,17,19H2,1-4H3/b21-8+,26-10+/t31-/m0/s1. The minimum atomic E-state index is -4.00. The summed E-state index contributed by atoms with van der Waals surface area (Å²) in [7, 11) is -2.54. The Hall–Kier alpha value is -3.60. The minimum Gasteiger partial charge on any atom is -0.495 e. The number of aromatic nitrogens is 3. The van der Waals surface area contributed by atoms with Crippen LogP contribution in [0.2, 0.25) is 5.02 Å². The van der Waals surface area contributed by atoms with Gasteiger partial charge in [0, 0.05) is 30.9 Å². The van der Waals surface area contributed by atoms with E-state index in [0.717, 1.165) is 16.8 Å². The van der Waals surface area contributed by atoms with Gasteiger partial charge in [0.15, 0.2) is 5.78 Å². The molecule has 1 fully saturated rings. The first kappa shape index (κ1) is 29.9. The number of rotatable bonds is 8. The Morgan fingerprint density at radius 1 is 1.21 bits per heavy atom. The lowest BCUT2D eigenvalue weighted by Gasteiger charge is -2.44. The number of benzene rings is 1. The first-order valence-corrected chi connectivity index (χ1v) is 15.4. The highest BCUT2D eigenvalue weighted by atomic mass is 35.5. The molecule has 2 aliphatic rings. The third-order valence-electron chi connectivity index (χ3n) is 7.84. The van der Waals surface area contributed by atoms with Gasteiger partial charge in [0.25, 0.3) is 0 Å². The maximum Gasteiger partial charge on any atom is 0.243 e. The van der Waals surface area contributed by atoms with Gasteiger partial charge in [-0.25, -0.2) is 17.5 Å². The van der Waals surface area contributed by atoms with E-state index in [2.05, 4.69) is 10.1 Å². The van der Waals surface area contributed by atoms with Crippen LogP contribution in [0.1, 0.15) is 48.9 Å². The molecule has 1 aliphatic heterocycles. The Kier molecular flexibility index (Phi) is 8.24. The van der Waals surface area contributed by atoms with E-state index in [1.807, 2.05) is 13.0 Å². The smallest absolute Gasteiger partial charge is 0.243 e. The van der Waals surface area contributed by atoms with Crippen molar-refractivity contribution in [3.63, 3.8) is 0 Å². The molecule has 11 heteroatoms. The van der Waals surface area contributed by atoms with Crippen LogP contribution in [0.5, 0.6) is 5.75 Å². The molecule has 3 heterocycles. The summed E-state index contributed by atoms with van der Waals surface area (Å²) in [6, 6.07) is 9.44. The molecule has 1 aliphatic carbocycles. The highest BCUT2D eigenvalue weighted by molar-refractivity contribution is 7.89. The number of nitrogens with zero attached hydrogens (tertiary/aromatic N) is 4. The van der Waals surface area contributed by atoms with Crippen molar-refractivity contribution in [2.24, 2.45) is 11.3 Å². The van der Waals surface area contributed by atoms with Gasteiger partial charge in [-0.3, -0.25) is 9.78 Å². The van der Waals surface area contributed by atoms with Gasteiger partial charge in [0.1, 0.15) is 17.3 Å². The second-order valence-electron chi connectivity index (χ2n) is 10.8. The molecule has 1 saturated heterocycles. The van der Waals surface area contributed by atoms with Crippen LogP contribution in [0.4, 0.5) is 4.39 Å². The van der Waals surface area contributed by atoms with E-state index in [4.69, 9.17) is 16.3 Å². The number of sulfonamides is 1. The lowest BCUT2D eigenvalue weighted by molar-refractivity contribution is 0.0770. The van der Waals surface area contributed by atoms with E-state index < -0.39 is 15.4 Å². The molecule has 0 amide bonds. The van der Waals surface area contributed by atoms with E-state index in [0.29, 0.717) is 17.9 Å². The summed E-state index contributed by atoms with van der Waals surface area (Å²) in [5, 5.41) is 4.73. The van der Waals surface area contributed by atoms with Crippen LogP contribution in [0, 0.1) is 11.3 Å². The first-order valence-electron chi connectivity index (χ1n) is 13.6. The lowest BCUT2D eigenvalue weighted by atomic mass is 9.65. The van der Waals surface area contributed by atoms with Gasteiger partial charge in [-0.15, -0.1) is 0 Å². The molecular formula is C31H32ClFN4O4S. The lowest BCUT2D eigenvalue weighted by Crippen LogP contribution is -2.53. The SMILES string of the molecule is COc1ccc(S(=O)(=O)N2CCC3=Cc4c(cnn4/C(C)=C/C=C(/F)C(C)C)C[C@]3(C(=O)c3ccccn3)C2)cc1Cl. The number of ketones is 1. The summed E-state index contributed by atoms with van der Waals surface area (Å²) in [4.78, 5) is 18.6. The molecule has 0 saturated carbocycles. The van der Waals surface area contributed by atoms with Crippen LogP contribution >= 0.6 is 11.6 Å². The van der Waals surface area contributed by atoms with Gasteiger partial charge in [-0.1, -0.05) is 37.1 Å². The summed E-state index contributed by atoms with van der Waals surface area (Å²) in [6.07, 6.45) is 8.85. The number of hydrogen-bond acceptors (Lipinski definition) is 6. The maximum atomic E-state index is 14.2. The molecule has 0 spiro atoms. The number of carbonyl (C=O) groups excluding carboxylic acids is 1. The summed E-state index contributed by atoms with van der Waals surface area (Å²) >= 11 is 6.26. The number of Topliss-reactive ketones (excluding diaryl/α,β-unsaturated/α-hetero) is 1. The Morgan fingerprint density at radius 3 is 2.67 bits per heavy atom. The van der Waals surface area contributed by atoms with Crippen molar-refractivity contribution in [1.82, 2.24) is 19.1 Å². The number of halogens is 2. The van der Waals surface area contributed by atoms with Crippen molar-refractivity contribution in [1.29, 1.82) is 0 Å². The molecule has 3 aromatic rings. The molecule has 2 aromatic heterocycles. The molecule has 8 nitrogen and oxygen atoms in total. The van der Waals surface area contributed by atoms with Gasteiger partial charge < -0.3 is 4.74 Å². The Balaban J connectivity index is 1.57. The number of hydrogen-bond donors (Lipinski definition) is 0. The van der Waals surface area contributed by atoms with Crippen molar-refractivity contribution in [3.05, 3.63) is 94.3 Å². The molecule has 5 rings (SSSR count). The average molecular weight is 611 g/mol. The predicted octanol–water partition coefficient (Wildman–Crippen LogP) is 6.21. The fraction of sp³-hybridized carbons (Fsp3) is 0.323. The fourth-order valence-corrected chi connectivity index (χ4v) is 7.31. The summed E-state index contributed by atoms with van der Waals surface area (Å²) in [5.74, 6) is -0.351. The van der Waals surface area contributed by atoms with Crippen LogP contribution in [-0.4, -0.2) is 53.5 Å². The zero-order valence-corrected chi connectivity index (χ0v) is 25.4. The number of fused-ring (bicyclic) bond motifs is 2. The number of methoxy groups -OCH3 is 1. The normalized spacial score (nSPS) is 19.7. The molecular weight excluding hydrogens is 579 g/mol. The topological polar surface area (TPSA) is 94.4 Å². The molecule has 42 heavy (non-hydrogen) atoms. The third kappa shape index (κ3) is 5.34. The average Bonchev–Trinajstić information content (AvgIpc) is 3.40. The van der Waals surface area contributed by atoms with Crippen molar-refractivity contribution < 1.29 is 22.3 Å². The highest BCUT2D eigenvalue weighted by Crippen LogP contribution is 2.47. The van der Waals surface area contributed by atoms with E-state index >= 15 is 0 Å². The molecule has 1 aromatic carbocycles. The number of pyridine rings is 1. The third-order valence-corrected chi connectivity index (χ3v) is 9.98. The quantitative estimate of drug-likeness (QED) is 0.222. The van der Waals surface area contributed by atoms with Gasteiger partial charge in [-0.2, -0.15) is 9.40 Å². The predicted molar refractivity (Wildman–Crippen MR) is 160 cm³/mol. The van der Waals surface area contributed by atoms with Gasteiger partial charge in [0.05, 0.1) is 34.3 Å². The monoisotopic (exact) mass is 610 g/mol. The minimum absolute atomic E-state index is 0.0212. The van der Waals surface area contributed by atoms with Crippen LogP contribution in [0.15, 0.2) is 77.2 Å². The highest BCUT2D eigenvalue weighted by Gasteiger charge is 2.51. The second kappa shape index (κ2) is 11.6. The van der Waals surface area contributed by atoms with Crippen LogP contribution in [-0.2, 0) is 16.4 Å². The van der Waals surface area contributed by atoms with Gasteiger partial charge in [-0.05, 0) is 73.9 Å².